The predicted octanol–water partition coefficient (Wildman–Crippen LogP) is 1.52. The molecule has 1 saturated heterocycles. The number of hydrogen-bond acceptors (Lipinski definition) is 6. The summed E-state index contributed by atoms with van der Waals surface area (Å²) in [6.45, 7) is 7.24. The van der Waals surface area contributed by atoms with Crippen molar-refractivity contribution in [2.24, 2.45) is 11.7 Å². The molecule has 10 heteroatoms. The fourth-order valence-electron chi connectivity index (χ4n) is 3.63. The molecule has 190 valence electrons. The quantitative estimate of drug-likeness (QED) is 0.469. The minimum absolute atomic E-state index is 0.0248. The molecule has 1 aromatic carbocycles. The van der Waals surface area contributed by atoms with Crippen molar-refractivity contribution in [3.05, 3.63) is 48.4 Å². The number of rotatable bonds is 10. The molecule has 1 aliphatic heterocycles. The smallest absolute Gasteiger partial charge is 0.250 e. The topological polar surface area (TPSA) is 132 Å². The van der Waals surface area contributed by atoms with Gasteiger partial charge in [-0.1, -0.05) is 37.3 Å². The van der Waals surface area contributed by atoms with E-state index >= 15 is 0 Å². The fraction of sp³-hybridized carbons (Fsp3) is 0.520. The van der Waals surface area contributed by atoms with Crippen LogP contribution in [0.15, 0.2) is 42.9 Å². The van der Waals surface area contributed by atoms with Gasteiger partial charge >= 0.3 is 0 Å². The summed E-state index contributed by atoms with van der Waals surface area (Å²) >= 11 is 0. The van der Waals surface area contributed by atoms with Gasteiger partial charge in [0.1, 0.15) is 12.6 Å². The molecule has 0 spiro atoms. The summed E-state index contributed by atoms with van der Waals surface area (Å²) in [6, 6.07) is 8.55. The van der Waals surface area contributed by atoms with E-state index < -0.39 is 23.4 Å². The van der Waals surface area contributed by atoms with Crippen molar-refractivity contribution < 1.29 is 19.1 Å². The number of nitrogens with one attached hydrogen (secondary N) is 2. The maximum absolute atomic E-state index is 13.0. The molecular formula is C25H36N6O4. The Labute approximate surface area is 206 Å². The Kier molecular flexibility index (Phi) is 9.00. The summed E-state index contributed by atoms with van der Waals surface area (Å²) < 4.78 is 7.33. The van der Waals surface area contributed by atoms with Crippen molar-refractivity contribution in [1.82, 2.24) is 19.8 Å². The van der Waals surface area contributed by atoms with Crippen molar-refractivity contribution in [1.29, 1.82) is 0 Å². The number of piperidine rings is 1. The van der Waals surface area contributed by atoms with Crippen LogP contribution in [0.25, 0.3) is 0 Å². The average Bonchev–Trinajstić information content (AvgIpc) is 3.25. The normalized spacial score (nSPS) is 15.5. The number of hydrogen-bond donors (Lipinski definition) is 3. The number of amides is 3. The van der Waals surface area contributed by atoms with E-state index in [1.165, 1.54) is 6.33 Å². The van der Waals surface area contributed by atoms with Gasteiger partial charge in [-0.2, -0.15) is 0 Å². The third-order valence-corrected chi connectivity index (χ3v) is 5.94. The number of benzene rings is 1. The minimum atomic E-state index is -1.16. The van der Waals surface area contributed by atoms with E-state index in [2.05, 4.69) is 22.5 Å². The van der Waals surface area contributed by atoms with E-state index in [1.807, 2.05) is 35.2 Å². The lowest BCUT2D eigenvalue weighted by Gasteiger charge is -2.30. The molecule has 2 heterocycles. The summed E-state index contributed by atoms with van der Waals surface area (Å²) in [7, 11) is 0. The van der Waals surface area contributed by atoms with Crippen molar-refractivity contribution in [2.75, 3.05) is 25.0 Å². The molecule has 2 aromatic rings. The standard InChI is InChI=1S/C25H36N6O4/c1-18-9-11-31(12-10-18)22(32)14-30-13-21(27-17-30)29-23(33)20(28-24(34)25(2,3)26)16-35-15-19-7-5-4-6-8-19/h4-8,13,17-18,20H,9-12,14-16,26H2,1-3H3,(H,28,34)(H,29,33)/t20-/m1/s1. The Balaban J connectivity index is 1.57. The van der Waals surface area contributed by atoms with Crippen molar-refractivity contribution >= 4 is 23.5 Å². The molecule has 1 atom stereocenters. The zero-order chi connectivity index (χ0) is 25.4. The Bertz CT molecular complexity index is 993. The Hall–Kier alpha value is -3.24. The molecule has 1 aromatic heterocycles. The van der Waals surface area contributed by atoms with Gasteiger partial charge in [0.15, 0.2) is 5.82 Å². The van der Waals surface area contributed by atoms with Crippen LogP contribution < -0.4 is 16.4 Å². The van der Waals surface area contributed by atoms with Gasteiger partial charge in [0, 0.05) is 19.3 Å². The van der Waals surface area contributed by atoms with Crippen molar-refractivity contribution in [2.45, 2.75) is 58.3 Å². The highest BCUT2D eigenvalue weighted by atomic mass is 16.5. The summed E-state index contributed by atoms with van der Waals surface area (Å²) in [6.07, 6.45) is 5.12. The lowest BCUT2D eigenvalue weighted by atomic mass is 9.99. The first-order valence-corrected chi connectivity index (χ1v) is 11.9. The first-order chi connectivity index (χ1) is 16.6. The fourth-order valence-corrected chi connectivity index (χ4v) is 3.63. The zero-order valence-corrected chi connectivity index (χ0v) is 20.7. The van der Waals surface area contributed by atoms with Crippen LogP contribution in [0.5, 0.6) is 0 Å². The maximum Gasteiger partial charge on any atom is 0.250 e. The monoisotopic (exact) mass is 484 g/mol. The second-order valence-corrected chi connectivity index (χ2v) is 9.73. The van der Waals surface area contributed by atoms with E-state index in [-0.39, 0.29) is 24.9 Å². The van der Waals surface area contributed by atoms with Crippen LogP contribution in [-0.4, -0.2) is 63.4 Å². The molecule has 1 fully saturated rings. The highest BCUT2D eigenvalue weighted by molar-refractivity contribution is 5.98. The van der Waals surface area contributed by atoms with Gasteiger partial charge in [0.05, 0.1) is 25.1 Å². The molecule has 0 aliphatic carbocycles. The molecular weight excluding hydrogens is 448 g/mol. The van der Waals surface area contributed by atoms with Gasteiger partial charge in [-0.05, 0) is 38.2 Å². The highest BCUT2D eigenvalue weighted by Gasteiger charge is 2.29. The van der Waals surface area contributed by atoms with E-state index in [0.29, 0.717) is 12.5 Å². The van der Waals surface area contributed by atoms with Crippen LogP contribution in [-0.2, 0) is 32.3 Å². The van der Waals surface area contributed by atoms with Gasteiger partial charge in [0.2, 0.25) is 11.8 Å². The van der Waals surface area contributed by atoms with E-state index in [9.17, 15) is 14.4 Å². The summed E-state index contributed by atoms with van der Waals surface area (Å²) in [5.74, 6) is -0.0181. The Morgan fingerprint density at radius 1 is 1.20 bits per heavy atom. The number of carbonyl (C=O) groups is 3. The Morgan fingerprint density at radius 3 is 2.54 bits per heavy atom. The third-order valence-electron chi connectivity index (χ3n) is 5.94. The second kappa shape index (κ2) is 11.9. The van der Waals surface area contributed by atoms with Gasteiger partial charge in [0.25, 0.3) is 5.91 Å². The second-order valence-electron chi connectivity index (χ2n) is 9.73. The maximum atomic E-state index is 13.0. The minimum Gasteiger partial charge on any atom is -0.374 e. The summed E-state index contributed by atoms with van der Waals surface area (Å²) in [5.41, 5.74) is 5.67. The molecule has 10 nitrogen and oxygen atoms in total. The molecule has 0 bridgehead atoms. The van der Waals surface area contributed by atoms with Crippen molar-refractivity contribution in [3.63, 3.8) is 0 Å². The number of nitrogens with two attached hydrogens (primary N) is 1. The molecule has 3 rings (SSSR count). The van der Waals surface area contributed by atoms with Gasteiger partial charge < -0.3 is 30.6 Å². The number of ether oxygens (including phenoxy) is 1. The zero-order valence-electron chi connectivity index (χ0n) is 20.7. The third kappa shape index (κ3) is 8.18. The number of carbonyl (C=O) groups excluding carboxylic acids is 3. The number of anilines is 1. The summed E-state index contributed by atoms with van der Waals surface area (Å²) in [5, 5.41) is 5.35. The van der Waals surface area contributed by atoms with Crippen LogP contribution in [0, 0.1) is 5.92 Å². The molecule has 3 amide bonds. The molecule has 35 heavy (non-hydrogen) atoms. The van der Waals surface area contributed by atoms with Crippen LogP contribution in [0.1, 0.15) is 39.2 Å². The number of likely N-dealkylation sites (tertiary alicyclic amines) is 1. The lowest BCUT2D eigenvalue weighted by Crippen LogP contribution is -2.56. The molecule has 1 aliphatic rings. The average molecular weight is 485 g/mol. The highest BCUT2D eigenvalue weighted by Crippen LogP contribution is 2.16. The van der Waals surface area contributed by atoms with Crippen LogP contribution >= 0.6 is 0 Å². The van der Waals surface area contributed by atoms with E-state index in [1.54, 1.807) is 24.6 Å². The lowest BCUT2D eigenvalue weighted by molar-refractivity contribution is -0.133. The van der Waals surface area contributed by atoms with Crippen molar-refractivity contribution in [3.8, 4) is 0 Å². The van der Waals surface area contributed by atoms with Crippen LogP contribution in [0.2, 0.25) is 0 Å². The SMILES string of the molecule is CC1CCN(C(=O)Cn2cnc(NC(=O)[C@@H](COCc3ccccc3)NC(=O)C(C)(C)N)c2)CC1. The van der Waals surface area contributed by atoms with Crippen LogP contribution in [0.4, 0.5) is 5.82 Å². The first-order valence-electron chi connectivity index (χ1n) is 11.9. The first kappa shape index (κ1) is 26.4. The van der Waals surface area contributed by atoms with Gasteiger partial charge in [-0.25, -0.2) is 4.98 Å². The molecule has 0 unspecified atom stereocenters. The number of nitrogens with zero attached hydrogens (tertiary/aromatic N) is 3. The van der Waals surface area contributed by atoms with E-state index in [4.69, 9.17) is 10.5 Å². The molecule has 4 N–H and O–H groups in total. The number of imidazole rings is 1. The molecule has 0 radical (unpaired) electrons. The van der Waals surface area contributed by atoms with Crippen LogP contribution in [0.3, 0.4) is 0 Å². The largest absolute Gasteiger partial charge is 0.374 e. The van der Waals surface area contributed by atoms with Gasteiger partial charge in [-0.3, -0.25) is 14.4 Å². The van der Waals surface area contributed by atoms with Gasteiger partial charge in [-0.15, -0.1) is 0 Å². The predicted molar refractivity (Wildman–Crippen MR) is 132 cm³/mol. The summed E-state index contributed by atoms with van der Waals surface area (Å²) in [4.78, 5) is 44.0. The Morgan fingerprint density at radius 2 is 1.89 bits per heavy atom. The number of aromatic nitrogens is 2. The van der Waals surface area contributed by atoms with E-state index in [0.717, 1.165) is 31.5 Å². The molecule has 0 saturated carbocycles.